The number of rotatable bonds is 3. The van der Waals surface area contributed by atoms with E-state index >= 15 is 0 Å². The third-order valence-corrected chi connectivity index (χ3v) is 3.51. The Hall–Kier alpha value is -0.120. The Kier molecular flexibility index (Phi) is 4.90. The average Bonchev–Trinajstić information content (AvgIpc) is 2.56. The zero-order chi connectivity index (χ0) is 10.3. The maximum Gasteiger partial charge on any atom is 0.108 e. The van der Waals surface area contributed by atoms with E-state index in [-0.39, 0.29) is 0 Å². The van der Waals surface area contributed by atoms with Crippen LogP contribution in [0.4, 0.5) is 0 Å². The molecule has 0 aliphatic carbocycles. The second-order valence-electron chi connectivity index (χ2n) is 4.81. The SMILES string of the molecule is C1CCC(NCC2CCCNCC2)OC1. The highest BCUT2D eigenvalue weighted by atomic mass is 16.5. The molecule has 2 saturated heterocycles. The summed E-state index contributed by atoms with van der Waals surface area (Å²) in [5.74, 6) is 0.852. The predicted octanol–water partition coefficient (Wildman–Crippen LogP) is 1.49. The van der Waals surface area contributed by atoms with Crippen molar-refractivity contribution in [2.75, 3.05) is 26.2 Å². The largest absolute Gasteiger partial charge is 0.363 e. The first-order chi connectivity index (χ1) is 7.45. The van der Waals surface area contributed by atoms with Crippen LogP contribution >= 0.6 is 0 Å². The van der Waals surface area contributed by atoms with Gasteiger partial charge >= 0.3 is 0 Å². The molecule has 0 aromatic rings. The van der Waals surface area contributed by atoms with Crippen molar-refractivity contribution < 1.29 is 4.74 Å². The molecule has 2 aliphatic rings. The highest BCUT2D eigenvalue weighted by Crippen LogP contribution is 2.15. The van der Waals surface area contributed by atoms with Gasteiger partial charge in [0.25, 0.3) is 0 Å². The minimum Gasteiger partial charge on any atom is -0.363 e. The van der Waals surface area contributed by atoms with Gasteiger partial charge in [0.2, 0.25) is 0 Å². The van der Waals surface area contributed by atoms with Gasteiger partial charge < -0.3 is 10.1 Å². The lowest BCUT2D eigenvalue weighted by molar-refractivity contribution is -0.00759. The zero-order valence-electron chi connectivity index (χ0n) is 9.63. The first-order valence-corrected chi connectivity index (χ1v) is 6.51. The van der Waals surface area contributed by atoms with Gasteiger partial charge in [-0.1, -0.05) is 0 Å². The molecule has 2 aliphatic heterocycles. The monoisotopic (exact) mass is 212 g/mol. The summed E-state index contributed by atoms with van der Waals surface area (Å²) in [6, 6.07) is 0. The Morgan fingerprint density at radius 3 is 2.93 bits per heavy atom. The summed E-state index contributed by atoms with van der Waals surface area (Å²) in [7, 11) is 0. The maximum absolute atomic E-state index is 5.67. The molecule has 0 aromatic carbocycles. The molecule has 2 unspecified atom stereocenters. The van der Waals surface area contributed by atoms with Crippen molar-refractivity contribution in [3.05, 3.63) is 0 Å². The summed E-state index contributed by atoms with van der Waals surface area (Å²) >= 11 is 0. The van der Waals surface area contributed by atoms with E-state index in [1.54, 1.807) is 0 Å². The van der Waals surface area contributed by atoms with Crippen molar-refractivity contribution >= 4 is 0 Å². The van der Waals surface area contributed by atoms with Gasteiger partial charge in [0.15, 0.2) is 0 Å². The molecule has 0 bridgehead atoms. The number of ether oxygens (including phenoxy) is 1. The van der Waals surface area contributed by atoms with Crippen LogP contribution in [0.5, 0.6) is 0 Å². The van der Waals surface area contributed by atoms with Crippen LogP contribution in [0.1, 0.15) is 38.5 Å². The van der Waals surface area contributed by atoms with E-state index in [0.29, 0.717) is 6.23 Å². The fourth-order valence-electron chi connectivity index (χ4n) is 2.50. The average molecular weight is 212 g/mol. The third kappa shape index (κ3) is 4.09. The first kappa shape index (κ1) is 11.4. The van der Waals surface area contributed by atoms with Crippen molar-refractivity contribution in [1.29, 1.82) is 0 Å². The molecule has 0 aromatic heterocycles. The van der Waals surface area contributed by atoms with E-state index in [1.807, 2.05) is 0 Å². The predicted molar refractivity (Wildman–Crippen MR) is 61.8 cm³/mol. The van der Waals surface area contributed by atoms with Crippen LogP contribution in [0, 0.1) is 5.92 Å². The van der Waals surface area contributed by atoms with Gasteiger partial charge in [-0.15, -0.1) is 0 Å². The Morgan fingerprint density at radius 2 is 2.07 bits per heavy atom. The van der Waals surface area contributed by atoms with Gasteiger partial charge in [-0.25, -0.2) is 0 Å². The van der Waals surface area contributed by atoms with Crippen molar-refractivity contribution in [3.63, 3.8) is 0 Å². The molecule has 3 nitrogen and oxygen atoms in total. The van der Waals surface area contributed by atoms with E-state index in [2.05, 4.69) is 10.6 Å². The second kappa shape index (κ2) is 6.46. The van der Waals surface area contributed by atoms with Crippen molar-refractivity contribution in [1.82, 2.24) is 10.6 Å². The lowest BCUT2D eigenvalue weighted by atomic mass is 10.0. The second-order valence-corrected chi connectivity index (χ2v) is 4.81. The Labute approximate surface area is 93.0 Å². The van der Waals surface area contributed by atoms with E-state index < -0.39 is 0 Å². The molecular weight excluding hydrogens is 188 g/mol. The number of nitrogens with one attached hydrogen (secondary N) is 2. The fraction of sp³-hybridized carbons (Fsp3) is 1.00. The lowest BCUT2D eigenvalue weighted by Gasteiger charge is -2.25. The topological polar surface area (TPSA) is 33.3 Å². The summed E-state index contributed by atoms with van der Waals surface area (Å²) in [6.45, 7) is 4.49. The van der Waals surface area contributed by atoms with E-state index in [9.17, 15) is 0 Å². The molecule has 2 atom stereocenters. The quantitative estimate of drug-likeness (QED) is 0.743. The minimum atomic E-state index is 0.343. The van der Waals surface area contributed by atoms with E-state index in [0.717, 1.165) is 19.1 Å². The van der Waals surface area contributed by atoms with Crippen molar-refractivity contribution in [2.45, 2.75) is 44.8 Å². The van der Waals surface area contributed by atoms with E-state index in [1.165, 1.54) is 51.6 Å². The summed E-state index contributed by atoms with van der Waals surface area (Å²) in [6.07, 6.45) is 8.12. The van der Waals surface area contributed by atoms with Crippen LogP contribution in [0.2, 0.25) is 0 Å². The van der Waals surface area contributed by atoms with Crippen LogP contribution < -0.4 is 10.6 Å². The van der Waals surface area contributed by atoms with Gasteiger partial charge in [-0.3, -0.25) is 5.32 Å². The molecule has 2 rings (SSSR count). The summed E-state index contributed by atoms with van der Waals surface area (Å²) in [5, 5.41) is 7.03. The number of hydrogen-bond donors (Lipinski definition) is 2. The summed E-state index contributed by atoms with van der Waals surface area (Å²) in [4.78, 5) is 0. The molecule has 3 heteroatoms. The van der Waals surface area contributed by atoms with Gasteiger partial charge in [0.1, 0.15) is 6.23 Å². The van der Waals surface area contributed by atoms with Crippen LogP contribution in [-0.4, -0.2) is 32.5 Å². The Balaban J connectivity index is 1.62. The van der Waals surface area contributed by atoms with Crippen LogP contribution in [0.3, 0.4) is 0 Å². The molecular formula is C12H24N2O. The van der Waals surface area contributed by atoms with Gasteiger partial charge in [0.05, 0.1) is 0 Å². The third-order valence-electron chi connectivity index (χ3n) is 3.51. The molecule has 0 radical (unpaired) electrons. The first-order valence-electron chi connectivity index (χ1n) is 6.51. The Bertz CT molecular complexity index is 161. The van der Waals surface area contributed by atoms with Gasteiger partial charge in [-0.05, 0) is 57.5 Å². The zero-order valence-corrected chi connectivity index (χ0v) is 9.63. The highest BCUT2D eigenvalue weighted by Gasteiger charge is 2.16. The van der Waals surface area contributed by atoms with Gasteiger partial charge in [-0.2, -0.15) is 0 Å². The molecule has 0 saturated carbocycles. The molecule has 0 spiro atoms. The standard InChI is InChI=1S/C12H24N2O/c1-2-9-15-12(5-1)14-10-11-4-3-7-13-8-6-11/h11-14H,1-10H2. The molecule has 0 amide bonds. The van der Waals surface area contributed by atoms with Crippen LogP contribution in [-0.2, 0) is 4.74 Å². The fourth-order valence-corrected chi connectivity index (χ4v) is 2.50. The summed E-state index contributed by atoms with van der Waals surface area (Å²) in [5.41, 5.74) is 0. The van der Waals surface area contributed by atoms with Crippen LogP contribution in [0.15, 0.2) is 0 Å². The van der Waals surface area contributed by atoms with Crippen LogP contribution in [0.25, 0.3) is 0 Å². The van der Waals surface area contributed by atoms with Gasteiger partial charge in [0, 0.05) is 13.2 Å². The highest BCUT2D eigenvalue weighted by molar-refractivity contribution is 4.71. The molecule has 15 heavy (non-hydrogen) atoms. The smallest absolute Gasteiger partial charge is 0.108 e. The molecule has 2 heterocycles. The number of hydrogen-bond acceptors (Lipinski definition) is 3. The van der Waals surface area contributed by atoms with Crippen molar-refractivity contribution in [2.24, 2.45) is 5.92 Å². The Morgan fingerprint density at radius 1 is 1.07 bits per heavy atom. The summed E-state index contributed by atoms with van der Waals surface area (Å²) < 4.78 is 5.67. The minimum absolute atomic E-state index is 0.343. The molecule has 2 N–H and O–H groups in total. The molecule has 2 fully saturated rings. The normalized spacial score (nSPS) is 33.6. The maximum atomic E-state index is 5.67. The van der Waals surface area contributed by atoms with Crippen molar-refractivity contribution in [3.8, 4) is 0 Å². The lowest BCUT2D eigenvalue weighted by Crippen LogP contribution is -2.37. The molecule has 88 valence electrons. The van der Waals surface area contributed by atoms with E-state index in [4.69, 9.17) is 4.74 Å².